The molecule has 1 N–H and O–H groups in total. The summed E-state index contributed by atoms with van der Waals surface area (Å²) < 4.78 is 24.4. The van der Waals surface area contributed by atoms with Crippen molar-refractivity contribution in [3.05, 3.63) is 89.9 Å². The van der Waals surface area contributed by atoms with Gasteiger partial charge in [-0.15, -0.1) is 0 Å². The highest BCUT2D eigenvalue weighted by Gasteiger charge is 2.41. The number of para-hydroxylation sites is 2. The summed E-state index contributed by atoms with van der Waals surface area (Å²) in [5, 5.41) is 3.06. The molecule has 0 spiro atoms. The number of hydrogen-bond donors (Lipinski definition) is 1. The van der Waals surface area contributed by atoms with Crippen molar-refractivity contribution in [1.29, 1.82) is 0 Å². The zero-order chi connectivity index (χ0) is 22.7. The van der Waals surface area contributed by atoms with Gasteiger partial charge < -0.3 is 14.8 Å². The van der Waals surface area contributed by atoms with Crippen LogP contribution in [-0.2, 0) is 9.59 Å². The molecule has 0 aliphatic carbocycles. The standard InChI is InChI=1S/C25H21FN2O4/c1-3-32-21-10-5-4-9-20(21)28-24(29)22(16-11-13-17(26)14-12-16)23(25(28)30)27-18-7-6-8-19(15-18)31-2/h4-15,27H,3H2,1-2H3. The van der Waals surface area contributed by atoms with Crippen molar-refractivity contribution in [3.8, 4) is 11.5 Å². The molecule has 0 saturated carbocycles. The van der Waals surface area contributed by atoms with Crippen LogP contribution in [0.4, 0.5) is 15.8 Å². The van der Waals surface area contributed by atoms with Gasteiger partial charge in [0.2, 0.25) is 0 Å². The summed E-state index contributed by atoms with van der Waals surface area (Å²) in [5.41, 5.74) is 1.56. The van der Waals surface area contributed by atoms with Crippen LogP contribution in [0, 0.1) is 5.82 Å². The molecule has 0 saturated heterocycles. The van der Waals surface area contributed by atoms with Crippen LogP contribution in [-0.4, -0.2) is 25.5 Å². The molecule has 7 heteroatoms. The first-order valence-electron chi connectivity index (χ1n) is 10.1. The Labute approximate surface area is 184 Å². The number of ether oxygens (including phenoxy) is 2. The average molecular weight is 432 g/mol. The van der Waals surface area contributed by atoms with Crippen LogP contribution in [0.25, 0.3) is 5.57 Å². The number of methoxy groups -OCH3 is 1. The monoisotopic (exact) mass is 432 g/mol. The Kier molecular flexibility index (Phi) is 5.89. The predicted molar refractivity (Wildman–Crippen MR) is 120 cm³/mol. The van der Waals surface area contributed by atoms with Crippen molar-refractivity contribution in [2.24, 2.45) is 0 Å². The minimum absolute atomic E-state index is 0.0844. The summed E-state index contributed by atoms with van der Waals surface area (Å²) in [5.74, 6) is -0.498. The molecule has 3 aromatic carbocycles. The zero-order valence-electron chi connectivity index (χ0n) is 17.6. The van der Waals surface area contributed by atoms with Crippen LogP contribution in [0.15, 0.2) is 78.5 Å². The topological polar surface area (TPSA) is 67.9 Å². The molecular weight excluding hydrogens is 411 g/mol. The van der Waals surface area contributed by atoms with Gasteiger partial charge >= 0.3 is 0 Å². The molecule has 0 radical (unpaired) electrons. The first-order chi connectivity index (χ1) is 15.5. The lowest BCUT2D eigenvalue weighted by Gasteiger charge is -2.19. The molecule has 0 unspecified atom stereocenters. The van der Waals surface area contributed by atoms with Gasteiger partial charge in [-0.25, -0.2) is 9.29 Å². The molecule has 1 aliphatic rings. The predicted octanol–water partition coefficient (Wildman–Crippen LogP) is 4.63. The second kappa shape index (κ2) is 8.93. The van der Waals surface area contributed by atoms with E-state index in [9.17, 15) is 14.0 Å². The quantitative estimate of drug-likeness (QED) is 0.552. The molecule has 6 nitrogen and oxygen atoms in total. The summed E-state index contributed by atoms with van der Waals surface area (Å²) in [6, 6.07) is 19.3. The fourth-order valence-corrected chi connectivity index (χ4v) is 3.51. The Balaban J connectivity index is 1.82. The van der Waals surface area contributed by atoms with E-state index < -0.39 is 17.6 Å². The maximum Gasteiger partial charge on any atom is 0.282 e. The number of hydrogen-bond acceptors (Lipinski definition) is 5. The van der Waals surface area contributed by atoms with Gasteiger partial charge in [-0.1, -0.05) is 30.3 Å². The lowest BCUT2D eigenvalue weighted by Crippen LogP contribution is -2.32. The molecule has 162 valence electrons. The van der Waals surface area contributed by atoms with Crippen LogP contribution in [0.5, 0.6) is 11.5 Å². The van der Waals surface area contributed by atoms with E-state index in [-0.39, 0.29) is 11.3 Å². The Morgan fingerprint density at radius 3 is 2.41 bits per heavy atom. The minimum Gasteiger partial charge on any atom is -0.497 e. The third-order valence-electron chi connectivity index (χ3n) is 4.96. The van der Waals surface area contributed by atoms with Crippen molar-refractivity contribution in [3.63, 3.8) is 0 Å². The van der Waals surface area contributed by atoms with Crippen molar-refractivity contribution >= 4 is 28.8 Å². The Morgan fingerprint density at radius 2 is 1.69 bits per heavy atom. The van der Waals surface area contributed by atoms with E-state index >= 15 is 0 Å². The second-order valence-electron chi connectivity index (χ2n) is 6.96. The van der Waals surface area contributed by atoms with Gasteiger partial charge in [0.25, 0.3) is 11.8 Å². The highest BCUT2D eigenvalue weighted by molar-refractivity contribution is 6.46. The van der Waals surface area contributed by atoms with Gasteiger partial charge in [-0.3, -0.25) is 9.59 Å². The summed E-state index contributed by atoms with van der Waals surface area (Å²) in [4.78, 5) is 28.1. The molecule has 0 bridgehead atoms. The number of rotatable bonds is 7. The van der Waals surface area contributed by atoms with E-state index in [0.717, 1.165) is 4.90 Å². The van der Waals surface area contributed by atoms with Crippen LogP contribution in [0.3, 0.4) is 0 Å². The Morgan fingerprint density at radius 1 is 0.938 bits per heavy atom. The van der Waals surface area contributed by atoms with Gasteiger partial charge in [0.1, 0.15) is 23.0 Å². The van der Waals surface area contributed by atoms with Gasteiger partial charge in [0.15, 0.2) is 0 Å². The molecule has 3 aromatic rings. The Bertz CT molecular complexity index is 1200. The fraction of sp³-hybridized carbons (Fsp3) is 0.120. The van der Waals surface area contributed by atoms with E-state index in [2.05, 4.69) is 5.32 Å². The number of halogens is 1. The van der Waals surface area contributed by atoms with Crippen LogP contribution in [0.2, 0.25) is 0 Å². The van der Waals surface area contributed by atoms with Crippen LogP contribution < -0.4 is 19.7 Å². The number of nitrogens with one attached hydrogen (secondary N) is 1. The molecule has 0 fully saturated rings. The van der Waals surface area contributed by atoms with Crippen molar-refractivity contribution in [2.75, 3.05) is 23.9 Å². The van der Waals surface area contributed by atoms with Crippen molar-refractivity contribution in [1.82, 2.24) is 0 Å². The van der Waals surface area contributed by atoms with Gasteiger partial charge in [-0.05, 0) is 48.9 Å². The molecule has 0 aromatic heterocycles. The largest absolute Gasteiger partial charge is 0.497 e. The summed E-state index contributed by atoms with van der Waals surface area (Å²) >= 11 is 0. The molecule has 1 aliphatic heterocycles. The van der Waals surface area contributed by atoms with Crippen molar-refractivity contribution < 1.29 is 23.5 Å². The van der Waals surface area contributed by atoms with Gasteiger partial charge in [0, 0.05) is 11.8 Å². The third-order valence-corrected chi connectivity index (χ3v) is 4.96. The number of carbonyl (C=O) groups excluding carboxylic acids is 2. The smallest absolute Gasteiger partial charge is 0.282 e. The number of imide groups is 1. The molecular formula is C25H21FN2O4. The number of benzene rings is 3. The van der Waals surface area contributed by atoms with Crippen LogP contribution >= 0.6 is 0 Å². The zero-order valence-corrected chi connectivity index (χ0v) is 17.6. The minimum atomic E-state index is -0.538. The first-order valence-corrected chi connectivity index (χ1v) is 10.1. The maximum atomic E-state index is 13.5. The molecule has 2 amide bonds. The lowest BCUT2D eigenvalue weighted by molar-refractivity contribution is -0.120. The maximum absolute atomic E-state index is 13.5. The lowest BCUT2D eigenvalue weighted by atomic mass is 10.0. The fourth-order valence-electron chi connectivity index (χ4n) is 3.51. The van der Waals surface area contributed by atoms with E-state index in [4.69, 9.17) is 9.47 Å². The molecule has 32 heavy (non-hydrogen) atoms. The summed E-state index contributed by atoms with van der Waals surface area (Å²) in [6.07, 6.45) is 0. The third kappa shape index (κ3) is 3.92. The highest BCUT2D eigenvalue weighted by Crippen LogP contribution is 2.38. The second-order valence-corrected chi connectivity index (χ2v) is 6.96. The van der Waals surface area contributed by atoms with Gasteiger partial charge in [0.05, 0.1) is 25.0 Å². The van der Waals surface area contributed by atoms with Gasteiger partial charge in [-0.2, -0.15) is 0 Å². The molecule has 0 atom stereocenters. The number of nitrogens with zero attached hydrogens (tertiary/aromatic N) is 1. The normalized spacial score (nSPS) is 13.5. The molecule has 1 heterocycles. The van der Waals surface area contributed by atoms with E-state index in [1.807, 2.05) is 6.92 Å². The number of carbonyl (C=O) groups is 2. The number of amides is 2. The summed E-state index contributed by atoms with van der Waals surface area (Å²) in [6.45, 7) is 2.20. The highest BCUT2D eigenvalue weighted by atomic mass is 19.1. The molecule has 4 rings (SSSR count). The Hall–Kier alpha value is -4.13. The van der Waals surface area contributed by atoms with E-state index in [1.165, 1.54) is 24.3 Å². The van der Waals surface area contributed by atoms with Crippen LogP contribution in [0.1, 0.15) is 12.5 Å². The van der Waals surface area contributed by atoms with Crippen molar-refractivity contribution in [2.45, 2.75) is 6.92 Å². The first kappa shape index (κ1) is 21.1. The summed E-state index contributed by atoms with van der Waals surface area (Å²) in [7, 11) is 1.54. The van der Waals surface area contributed by atoms with E-state index in [1.54, 1.807) is 55.6 Å². The SMILES string of the molecule is CCOc1ccccc1N1C(=O)C(Nc2cccc(OC)c2)=C(c2ccc(F)cc2)C1=O. The average Bonchev–Trinajstić information content (AvgIpc) is 3.04. The van der Waals surface area contributed by atoms with E-state index in [0.29, 0.717) is 35.0 Å². The number of anilines is 2.